The van der Waals surface area contributed by atoms with Crippen LogP contribution in [-0.4, -0.2) is 10.2 Å². The number of nitrogens with two attached hydrogens (primary N) is 1. The predicted molar refractivity (Wildman–Crippen MR) is 72.0 cm³/mol. The van der Waals surface area contributed by atoms with Crippen LogP contribution in [-0.2, 0) is 6.42 Å². The van der Waals surface area contributed by atoms with Crippen LogP contribution in [0.1, 0.15) is 49.8 Å². The van der Waals surface area contributed by atoms with Crippen molar-refractivity contribution in [3.63, 3.8) is 0 Å². The molecule has 0 aliphatic heterocycles. The number of rotatable bonds is 2. The van der Waals surface area contributed by atoms with Gasteiger partial charge in [-0.3, -0.25) is 5.10 Å². The molecule has 0 saturated heterocycles. The molecule has 1 aromatic rings. The zero-order valence-corrected chi connectivity index (χ0v) is 11.2. The number of nitrogen functional groups attached to an aromatic ring is 1. The molecule has 4 fully saturated rings. The fourth-order valence-electron chi connectivity index (χ4n) is 5.50. The van der Waals surface area contributed by atoms with E-state index in [4.69, 9.17) is 5.73 Å². The molecule has 0 amide bonds. The van der Waals surface area contributed by atoms with Gasteiger partial charge in [0, 0.05) is 11.3 Å². The average molecular weight is 245 g/mol. The van der Waals surface area contributed by atoms with Gasteiger partial charge in [-0.2, -0.15) is 5.10 Å². The van der Waals surface area contributed by atoms with Crippen LogP contribution in [0, 0.1) is 30.1 Å². The molecule has 5 rings (SSSR count). The van der Waals surface area contributed by atoms with Crippen LogP contribution in [0.25, 0.3) is 0 Å². The molecule has 3 nitrogen and oxygen atoms in total. The summed E-state index contributed by atoms with van der Waals surface area (Å²) < 4.78 is 0. The molecule has 0 unspecified atom stereocenters. The Morgan fingerprint density at radius 1 is 1.17 bits per heavy atom. The third-order valence-electron chi connectivity index (χ3n) is 5.87. The maximum atomic E-state index is 5.87. The quantitative estimate of drug-likeness (QED) is 0.841. The second-order valence-electron chi connectivity index (χ2n) is 7.31. The van der Waals surface area contributed by atoms with Crippen LogP contribution < -0.4 is 5.73 Å². The maximum absolute atomic E-state index is 5.87. The molecule has 4 saturated carbocycles. The van der Waals surface area contributed by atoms with Crippen molar-refractivity contribution in [2.75, 3.05) is 5.73 Å². The number of hydrogen-bond acceptors (Lipinski definition) is 2. The monoisotopic (exact) mass is 245 g/mol. The molecule has 0 atom stereocenters. The molecule has 0 spiro atoms. The number of hydrogen-bond donors (Lipinski definition) is 2. The Bertz CT molecular complexity index is 439. The first-order chi connectivity index (χ1) is 8.63. The number of aromatic amines is 1. The van der Waals surface area contributed by atoms with Crippen LogP contribution in [0.4, 0.5) is 5.82 Å². The van der Waals surface area contributed by atoms with E-state index in [1.807, 2.05) is 0 Å². The van der Waals surface area contributed by atoms with Crippen LogP contribution in [0.15, 0.2) is 0 Å². The molecule has 4 aliphatic carbocycles. The van der Waals surface area contributed by atoms with Crippen molar-refractivity contribution in [2.45, 2.75) is 51.9 Å². The van der Waals surface area contributed by atoms with Gasteiger partial charge < -0.3 is 5.73 Å². The molecule has 1 heterocycles. The lowest BCUT2D eigenvalue weighted by molar-refractivity contribution is -0.0527. The van der Waals surface area contributed by atoms with Gasteiger partial charge in [-0.15, -0.1) is 0 Å². The largest absolute Gasteiger partial charge is 0.382 e. The lowest BCUT2D eigenvalue weighted by atomic mass is 9.48. The minimum absolute atomic E-state index is 0.582. The molecule has 4 bridgehead atoms. The van der Waals surface area contributed by atoms with E-state index in [9.17, 15) is 0 Å². The summed E-state index contributed by atoms with van der Waals surface area (Å²) in [7, 11) is 0. The lowest BCUT2D eigenvalue weighted by Crippen LogP contribution is -2.47. The van der Waals surface area contributed by atoms with Gasteiger partial charge >= 0.3 is 0 Å². The second-order valence-corrected chi connectivity index (χ2v) is 7.31. The van der Waals surface area contributed by atoms with Gasteiger partial charge in [-0.05, 0) is 75.0 Å². The third-order valence-corrected chi connectivity index (χ3v) is 5.87. The molecular formula is C15H23N3. The van der Waals surface area contributed by atoms with Crippen molar-refractivity contribution in [1.82, 2.24) is 10.2 Å². The van der Waals surface area contributed by atoms with Gasteiger partial charge in [-0.1, -0.05) is 0 Å². The standard InChI is InChI=1S/C15H23N3/c1-9-13(17-18-14(9)16)8-15-5-10-2-11(6-15)4-12(3-10)7-15/h10-12H,2-8H2,1H3,(H3,16,17,18). The summed E-state index contributed by atoms with van der Waals surface area (Å²) in [6, 6.07) is 0. The topological polar surface area (TPSA) is 54.7 Å². The summed E-state index contributed by atoms with van der Waals surface area (Å²) in [6.45, 7) is 2.11. The number of nitrogens with zero attached hydrogens (tertiary/aromatic N) is 1. The fourth-order valence-corrected chi connectivity index (χ4v) is 5.50. The van der Waals surface area contributed by atoms with E-state index in [1.165, 1.54) is 56.2 Å². The molecule has 98 valence electrons. The normalized spacial score (nSPS) is 41.5. The van der Waals surface area contributed by atoms with Crippen molar-refractivity contribution in [1.29, 1.82) is 0 Å². The second kappa shape index (κ2) is 3.52. The highest BCUT2D eigenvalue weighted by Gasteiger charge is 2.50. The SMILES string of the molecule is Cc1c(N)n[nH]c1CC12CC3CC(CC(C3)C1)C2. The lowest BCUT2D eigenvalue weighted by Gasteiger charge is -2.57. The van der Waals surface area contributed by atoms with Gasteiger partial charge in [-0.25, -0.2) is 0 Å². The van der Waals surface area contributed by atoms with Crippen LogP contribution in [0.3, 0.4) is 0 Å². The van der Waals surface area contributed by atoms with Gasteiger partial charge in [0.1, 0.15) is 5.82 Å². The highest BCUT2D eigenvalue weighted by molar-refractivity contribution is 5.41. The number of nitrogens with one attached hydrogen (secondary N) is 1. The predicted octanol–water partition coefficient (Wildman–Crippen LogP) is 3.06. The van der Waals surface area contributed by atoms with Crippen LogP contribution in [0.2, 0.25) is 0 Å². The Balaban J connectivity index is 1.62. The van der Waals surface area contributed by atoms with E-state index in [2.05, 4.69) is 17.1 Å². The first-order valence-electron chi connectivity index (χ1n) is 7.43. The highest BCUT2D eigenvalue weighted by Crippen LogP contribution is 2.61. The maximum Gasteiger partial charge on any atom is 0.148 e. The number of H-pyrrole nitrogens is 1. The van der Waals surface area contributed by atoms with E-state index in [1.54, 1.807) is 0 Å². The molecule has 3 N–H and O–H groups in total. The van der Waals surface area contributed by atoms with Crippen molar-refractivity contribution < 1.29 is 0 Å². The van der Waals surface area contributed by atoms with Gasteiger partial charge in [0.05, 0.1) is 0 Å². The van der Waals surface area contributed by atoms with Gasteiger partial charge in [0.25, 0.3) is 0 Å². The summed E-state index contributed by atoms with van der Waals surface area (Å²) >= 11 is 0. The summed E-state index contributed by atoms with van der Waals surface area (Å²) in [5, 5.41) is 7.34. The van der Waals surface area contributed by atoms with E-state index in [0.29, 0.717) is 11.2 Å². The van der Waals surface area contributed by atoms with Crippen LogP contribution in [0.5, 0.6) is 0 Å². The summed E-state index contributed by atoms with van der Waals surface area (Å²) in [4.78, 5) is 0. The first-order valence-corrected chi connectivity index (χ1v) is 7.43. The van der Waals surface area contributed by atoms with Gasteiger partial charge in [0.15, 0.2) is 0 Å². The summed E-state index contributed by atoms with van der Waals surface area (Å²) in [6.07, 6.45) is 10.1. The average Bonchev–Trinajstić information content (AvgIpc) is 2.58. The van der Waals surface area contributed by atoms with E-state index in [0.717, 1.165) is 17.8 Å². The molecule has 3 heteroatoms. The Kier molecular flexibility index (Phi) is 2.13. The summed E-state index contributed by atoms with van der Waals surface area (Å²) in [5.41, 5.74) is 8.93. The molecule has 0 radical (unpaired) electrons. The molecule has 18 heavy (non-hydrogen) atoms. The van der Waals surface area contributed by atoms with Crippen molar-refractivity contribution >= 4 is 5.82 Å². The van der Waals surface area contributed by atoms with Crippen molar-refractivity contribution in [3.05, 3.63) is 11.3 Å². The Hall–Kier alpha value is -0.990. The van der Waals surface area contributed by atoms with E-state index in [-0.39, 0.29) is 0 Å². The molecular weight excluding hydrogens is 222 g/mol. The molecule has 1 aromatic heterocycles. The number of aromatic nitrogens is 2. The Morgan fingerprint density at radius 3 is 2.17 bits per heavy atom. The Labute approximate surface area is 109 Å². The van der Waals surface area contributed by atoms with E-state index >= 15 is 0 Å². The molecule has 0 aromatic carbocycles. The zero-order valence-electron chi connectivity index (χ0n) is 11.2. The van der Waals surface area contributed by atoms with E-state index < -0.39 is 0 Å². The van der Waals surface area contributed by atoms with Crippen molar-refractivity contribution in [3.8, 4) is 0 Å². The zero-order chi connectivity index (χ0) is 12.3. The Morgan fingerprint density at radius 2 is 1.72 bits per heavy atom. The highest BCUT2D eigenvalue weighted by atomic mass is 15.2. The minimum Gasteiger partial charge on any atom is -0.382 e. The van der Waals surface area contributed by atoms with Crippen LogP contribution >= 0.6 is 0 Å². The molecule has 4 aliphatic rings. The smallest absolute Gasteiger partial charge is 0.148 e. The first kappa shape index (κ1) is 10.9. The summed E-state index contributed by atoms with van der Waals surface area (Å²) in [5.74, 6) is 3.76. The number of anilines is 1. The minimum atomic E-state index is 0.582. The fraction of sp³-hybridized carbons (Fsp3) is 0.800. The third kappa shape index (κ3) is 1.52. The van der Waals surface area contributed by atoms with Gasteiger partial charge in [0.2, 0.25) is 0 Å². The van der Waals surface area contributed by atoms with Crippen molar-refractivity contribution in [2.24, 2.45) is 23.2 Å².